The van der Waals surface area contributed by atoms with Crippen molar-refractivity contribution in [2.24, 2.45) is 5.73 Å². The Morgan fingerprint density at radius 2 is 1.73 bits per heavy atom. The second kappa shape index (κ2) is 4.63. The molecule has 1 aromatic carbocycles. The summed E-state index contributed by atoms with van der Waals surface area (Å²) in [5.41, 5.74) is 9.59. The highest BCUT2D eigenvalue weighted by molar-refractivity contribution is 5.64. The molecule has 0 aliphatic rings. The topological polar surface area (TPSA) is 26.0 Å². The molecule has 1 nitrogen and oxygen atoms in total. The molecule has 0 bridgehead atoms. The van der Waals surface area contributed by atoms with Crippen LogP contribution in [0, 0.1) is 0 Å². The maximum atomic E-state index is 5.49. The zero-order valence-corrected chi connectivity index (χ0v) is 10.2. The number of allylic oxidation sites excluding steroid dienone is 1. The maximum absolute atomic E-state index is 5.49. The summed E-state index contributed by atoms with van der Waals surface area (Å²) in [6.45, 7) is 9.38. The Labute approximate surface area is 93.0 Å². The molecule has 0 heterocycles. The van der Waals surface area contributed by atoms with E-state index in [2.05, 4.69) is 52.0 Å². The van der Waals surface area contributed by atoms with Gasteiger partial charge in [0.05, 0.1) is 0 Å². The Bertz CT molecular complexity index is 339. The zero-order chi connectivity index (χ0) is 11.5. The molecule has 0 fully saturated rings. The minimum Gasteiger partial charge on any atom is -0.327 e. The zero-order valence-electron chi connectivity index (χ0n) is 10.2. The first-order chi connectivity index (χ1) is 6.95. The summed E-state index contributed by atoms with van der Waals surface area (Å²) in [4.78, 5) is 0. The van der Waals surface area contributed by atoms with Crippen molar-refractivity contribution in [3.63, 3.8) is 0 Å². The monoisotopic (exact) mass is 203 g/mol. The third-order valence-electron chi connectivity index (χ3n) is 2.63. The molecule has 0 unspecified atom stereocenters. The SMILES string of the molecule is CC(=CCN)c1ccc(C(C)(C)C)cc1. The van der Waals surface area contributed by atoms with Crippen LogP contribution in [0.15, 0.2) is 30.3 Å². The normalized spacial score (nSPS) is 13.0. The van der Waals surface area contributed by atoms with Gasteiger partial charge in [0.25, 0.3) is 0 Å². The van der Waals surface area contributed by atoms with Gasteiger partial charge in [0.2, 0.25) is 0 Å². The molecule has 0 radical (unpaired) electrons. The number of rotatable bonds is 2. The number of nitrogens with two attached hydrogens (primary N) is 1. The van der Waals surface area contributed by atoms with Crippen molar-refractivity contribution in [3.8, 4) is 0 Å². The highest BCUT2D eigenvalue weighted by atomic mass is 14.5. The molecular weight excluding hydrogens is 182 g/mol. The quantitative estimate of drug-likeness (QED) is 0.783. The summed E-state index contributed by atoms with van der Waals surface area (Å²) in [5.74, 6) is 0. The first kappa shape index (κ1) is 12.0. The van der Waals surface area contributed by atoms with Crippen LogP contribution in [-0.4, -0.2) is 6.54 Å². The number of hydrogen-bond donors (Lipinski definition) is 1. The molecule has 15 heavy (non-hydrogen) atoms. The van der Waals surface area contributed by atoms with Crippen LogP contribution in [-0.2, 0) is 5.41 Å². The van der Waals surface area contributed by atoms with Crippen molar-refractivity contribution in [2.75, 3.05) is 6.54 Å². The van der Waals surface area contributed by atoms with E-state index < -0.39 is 0 Å². The predicted octanol–water partition coefficient (Wildman–Crippen LogP) is 3.35. The first-order valence-electron chi connectivity index (χ1n) is 5.43. The maximum Gasteiger partial charge on any atom is 0.0112 e. The van der Waals surface area contributed by atoms with Gasteiger partial charge >= 0.3 is 0 Å². The third-order valence-corrected chi connectivity index (χ3v) is 2.63. The molecule has 0 aliphatic carbocycles. The van der Waals surface area contributed by atoms with Crippen molar-refractivity contribution in [1.29, 1.82) is 0 Å². The second-order valence-corrected chi connectivity index (χ2v) is 4.95. The smallest absolute Gasteiger partial charge is 0.0112 e. The standard InChI is InChI=1S/C14H21N/c1-11(9-10-15)12-5-7-13(8-6-12)14(2,3)4/h5-9H,10,15H2,1-4H3. The van der Waals surface area contributed by atoms with Crippen molar-refractivity contribution < 1.29 is 0 Å². The van der Waals surface area contributed by atoms with Crippen LogP contribution in [0.3, 0.4) is 0 Å². The average Bonchev–Trinajstić information content (AvgIpc) is 2.17. The lowest BCUT2D eigenvalue weighted by Crippen LogP contribution is -2.10. The molecule has 2 N–H and O–H groups in total. The molecule has 1 aromatic rings. The summed E-state index contributed by atoms with van der Waals surface area (Å²) < 4.78 is 0. The molecule has 82 valence electrons. The fraction of sp³-hybridized carbons (Fsp3) is 0.429. The summed E-state index contributed by atoms with van der Waals surface area (Å²) >= 11 is 0. The van der Waals surface area contributed by atoms with E-state index in [0.717, 1.165) is 0 Å². The Morgan fingerprint density at radius 3 is 2.13 bits per heavy atom. The van der Waals surface area contributed by atoms with Crippen LogP contribution >= 0.6 is 0 Å². The summed E-state index contributed by atoms with van der Waals surface area (Å²) in [5, 5.41) is 0. The van der Waals surface area contributed by atoms with Gasteiger partial charge in [-0.2, -0.15) is 0 Å². The lowest BCUT2D eigenvalue weighted by Gasteiger charge is -2.19. The minimum absolute atomic E-state index is 0.226. The van der Waals surface area contributed by atoms with Crippen LogP contribution < -0.4 is 5.73 Å². The van der Waals surface area contributed by atoms with E-state index in [-0.39, 0.29) is 5.41 Å². The second-order valence-electron chi connectivity index (χ2n) is 4.95. The molecule has 0 saturated carbocycles. The van der Waals surface area contributed by atoms with Gasteiger partial charge in [-0.05, 0) is 29.0 Å². The van der Waals surface area contributed by atoms with Gasteiger partial charge in [-0.25, -0.2) is 0 Å². The van der Waals surface area contributed by atoms with Gasteiger partial charge < -0.3 is 5.73 Å². The van der Waals surface area contributed by atoms with Gasteiger partial charge in [0.1, 0.15) is 0 Å². The van der Waals surface area contributed by atoms with Crippen molar-refractivity contribution in [3.05, 3.63) is 41.5 Å². The van der Waals surface area contributed by atoms with Crippen LogP contribution in [0.4, 0.5) is 0 Å². The number of benzene rings is 1. The molecule has 1 heteroatoms. The molecule has 0 saturated heterocycles. The van der Waals surface area contributed by atoms with Gasteiger partial charge in [0, 0.05) is 6.54 Å². The number of hydrogen-bond acceptors (Lipinski definition) is 1. The summed E-state index contributed by atoms with van der Waals surface area (Å²) in [7, 11) is 0. The molecule has 1 rings (SSSR count). The van der Waals surface area contributed by atoms with E-state index in [1.54, 1.807) is 0 Å². The Morgan fingerprint density at radius 1 is 1.20 bits per heavy atom. The Balaban J connectivity index is 2.96. The Hall–Kier alpha value is -1.08. The van der Waals surface area contributed by atoms with Crippen molar-refractivity contribution >= 4 is 5.57 Å². The van der Waals surface area contributed by atoms with Gasteiger partial charge in [0.15, 0.2) is 0 Å². The Kier molecular flexibility index (Phi) is 3.70. The molecule has 0 aromatic heterocycles. The fourth-order valence-corrected chi connectivity index (χ4v) is 1.53. The largest absolute Gasteiger partial charge is 0.327 e. The van der Waals surface area contributed by atoms with Crippen LogP contribution in [0.5, 0.6) is 0 Å². The van der Waals surface area contributed by atoms with E-state index in [1.807, 2.05) is 6.08 Å². The van der Waals surface area contributed by atoms with Crippen LogP contribution in [0.25, 0.3) is 5.57 Å². The van der Waals surface area contributed by atoms with Crippen LogP contribution in [0.1, 0.15) is 38.8 Å². The third kappa shape index (κ3) is 3.21. The van der Waals surface area contributed by atoms with Crippen molar-refractivity contribution in [2.45, 2.75) is 33.1 Å². The van der Waals surface area contributed by atoms with E-state index >= 15 is 0 Å². The molecule has 0 spiro atoms. The average molecular weight is 203 g/mol. The molecule has 0 amide bonds. The van der Waals surface area contributed by atoms with E-state index in [0.29, 0.717) is 6.54 Å². The van der Waals surface area contributed by atoms with Crippen LogP contribution in [0.2, 0.25) is 0 Å². The summed E-state index contributed by atoms with van der Waals surface area (Å²) in [6, 6.07) is 8.73. The molecule has 0 atom stereocenters. The van der Waals surface area contributed by atoms with Gasteiger partial charge in [-0.15, -0.1) is 0 Å². The van der Waals surface area contributed by atoms with Crippen molar-refractivity contribution in [1.82, 2.24) is 0 Å². The first-order valence-corrected chi connectivity index (χ1v) is 5.43. The van der Waals surface area contributed by atoms with E-state index in [1.165, 1.54) is 16.7 Å². The predicted molar refractivity (Wildman–Crippen MR) is 67.8 cm³/mol. The van der Waals surface area contributed by atoms with Gasteiger partial charge in [-0.1, -0.05) is 51.1 Å². The minimum atomic E-state index is 0.226. The highest BCUT2D eigenvalue weighted by Crippen LogP contribution is 2.23. The summed E-state index contributed by atoms with van der Waals surface area (Å²) in [6.07, 6.45) is 2.05. The highest BCUT2D eigenvalue weighted by Gasteiger charge is 2.12. The molecule has 0 aliphatic heterocycles. The van der Waals surface area contributed by atoms with E-state index in [4.69, 9.17) is 5.73 Å². The van der Waals surface area contributed by atoms with E-state index in [9.17, 15) is 0 Å². The lowest BCUT2D eigenvalue weighted by atomic mass is 9.86. The fourth-order valence-electron chi connectivity index (χ4n) is 1.53. The van der Waals surface area contributed by atoms with Gasteiger partial charge in [-0.3, -0.25) is 0 Å². The lowest BCUT2D eigenvalue weighted by molar-refractivity contribution is 0.590. The molecular formula is C14H21N.